The highest BCUT2D eigenvalue weighted by Crippen LogP contribution is 2.17. The summed E-state index contributed by atoms with van der Waals surface area (Å²) in [6.45, 7) is 5.48. The number of aromatic nitrogens is 3. The van der Waals surface area contributed by atoms with E-state index in [1.807, 2.05) is 18.5 Å². The first-order valence-electron chi connectivity index (χ1n) is 10.3. The van der Waals surface area contributed by atoms with E-state index in [0.717, 1.165) is 50.5 Å². The van der Waals surface area contributed by atoms with Crippen LogP contribution < -0.4 is 10.6 Å². The van der Waals surface area contributed by atoms with Crippen molar-refractivity contribution in [1.29, 1.82) is 0 Å². The summed E-state index contributed by atoms with van der Waals surface area (Å²) in [7, 11) is 0. The molecule has 6 heteroatoms. The third kappa shape index (κ3) is 4.59. The van der Waals surface area contributed by atoms with Gasteiger partial charge in [0.2, 0.25) is 0 Å². The fraction of sp³-hybridized carbons (Fsp3) is 0.304. The molecule has 2 aromatic heterocycles. The van der Waals surface area contributed by atoms with Gasteiger partial charge in [0.05, 0.1) is 17.4 Å². The van der Waals surface area contributed by atoms with Gasteiger partial charge in [-0.3, -0.25) is 4.99 Å². The summed E-state index contributed by atoms with van der Waals surface area (Å²) in [4.78, 5) is 12.5. The normalized spacial score (nSPS) is 12.0. The van der Waals surface area contributed by atoms with Gasteiger partial charge >= 0.3 is 0 Å². The third-order valence-electron chi connectivity index (χ3n) is 5.06. The number of imidazole rings is 1. The molecule has 0 radical (unpaired) electrons. The maximum absolute atomic E-state index is 4.73. The first kappa shape index (κ1) is 19.1. The number of hydrogen-bond donors (Lipinski definition) is 3. The van der Waals surface area contributed by atoms with E-state index < -0.39 is 0 Å². The Morgan fingerprint density at radius 1 is 1.10 bits per heavy atom. The summed E-state index contributed by atoms with van der Waals surface area (Å²) < 4.78 is 2.20. The van der Waals surface area contributed by atoms with Crippen molar-refractivity contribution in [3.8, 4) is 0 Å². The van der Waals surface area contributed by atoms with Crippen LogP contribution in [0.5, 0.6) is 0 Å². The average molecular weight is 389 g/mol. The molecule has 0 bridgehead atoms. The van der Waals surface area contributed by atoms with Gasteiger partial charge in [-0.05, 0) is 43.5 Å². The zero-order valence-corrected chi connectivity index (χ0v) is 16.9. The predicted octanol–water partition coefficient (Wildman–Crippen LogP) is 3.71. The molecule has 0 aliphatic rings. The molecule has 2 aromatic carbocycles. The first-order chi connectivity index (χ1) is 14.3. The zero-order chi connectivity index (χ0) is 19.9. The van der Waals surface area contributed by atoms with Crippen LogP contribution in [0.25, 0.3) is 21.9 Å². The lowest BCUT2D eigenvalue weighted by Crippen LogP contribution is -2.38. The fourth-order valence-corrected chi connectivity index (χ4v) is 3.62. The molecular weight excluding hydrogens is 360 g/mol. The van der Waals surface area contributed by atoms with Crippen LogP contribution in [0.15, 0.2) is 66.0 Å². The Morgan fingerprint density at radius 3 is 2.90 bits per heavy atom. The number of hydrogen-bond acceptors (Lipinski definition) is 2. The molecule has 0 atom stereocenters. The van der Waals surface area contributed by atoms with Gasteiger partial charge < -0.3 is 20.2 Å². The number of fused-ring (bicyclic) bond motifs is 2. The number of nitrogens with one attached hydrogen (secondary N) is 3. The highest BCUT2D eigenvalue weighted by Gasteiger charge is 2.04. The predicted molar refractivity (Wildman–Crippen MR) is 120 cm³/mol. The van der Waals surface area contributed by atoms with E-state index in [1.54, 1.807) is 0 Å². The molecule has 150 valence electrons. The second-order valence-corrected chi connectivity index (χ2v) is 7.08. The Morgan fingerprint density at radius 2 is 1.97 bits per heavy atom. The number of nitrogens with zero attached hydrogens (tertiary/aromatic N) is 3. The van der Waals surface area contributed by atoms with Crippen LogP contribution in [0.1, 0.15) is 18.9 Å². The van der Waals surface area contributed by atoms with E-state index in [2.05, 4.69) is 74.7 Å². The molecule has 3 N–H and O–H groups in total. The van der Waals surface area contributed by atoms with E-state index in [1.165, 1.54) is 22.0 Å². The molecule has 6 nitrogen and oxygen atoms in total. The zero-order valence-electron chi connectivity index (χ0n) is 16.9. The highest BCUT2D eigenvalue weighted by molar-refractivity contribution is 5.83. The topological polar surface area (TPSA) is 70.0 Å². The van der Waals surface area contributed by atoms with Crippen LogP contribution in [-0.2, 0) is 13.0 Å². The third-order valence-corrected chi connectivity index (χ3v) is 5.06. The Labute approximate surface area is 171 Å². The van der Waals surface area contributed by atoms with E-state index in [4.69, 9.17) is 4.99 Å². The number of rotatable bonds is 8. The van der Waals surface area contributed by atoms with Gasteiger partial charge in [0.1, 0.15) is 0 Å². The van der Waals surface area contributed by atoms with Crippen molar-refractivity contribution < 1.29 is 0 Å². The molecule has 0 amide bonds. The van der Waals surface area contributed by atoms with Crippen molar-refractivity contribution in [3.63, 3.8) is 0 Å². The van der Waals surface area contributed by atoms with E-state index in [-0.39, 0.29) is 0 Å². The minimum absolute atomic E-state index is 0.773. The van der Waals surface area contributed by atoms with Gasteiger partial charge in [0.25, 0.3) is 0 Å². The fourth-order valence-electron chi connectivity index (χ4n) is 3.62. The van der Waals surface area contributed by atoms with Crippen molar-refractivity contribution in [1.82, 2.24) is 25.2 Å². The molecule has 0 spiro atoms. The molecular formula is C23H28N6. The van der Waals surface area contributed by atoms with Gasteiger partial charge in [0.15, 0.2) is 5.96 Å². The number of aliphatic imine (C=N–C) groups is 1. The van der Waals surface area contributed by atoms with E-state index in [9.17, 15) is 0 Å². The van der Waals surface area contributed by atoms with Crippen molar-refractivity contribution in [2.75, 3.05) is 19.6 Å². The molecule has 29 heavy (non-hydrogen) atoms. The quantitative estimate of drug-likeness (QED) is 0.245. The molecule has 0 saturated carbocycles. The lowest BCUT2D eigenvalue weighted by atomic mass is 10.1. The van der Waals surface area contributed by atoms with Gasteiger partial charge in [-0.25, -0.2) is 4.98 Å². The van der Waals surface area contributed by atoms with Gasteiger partial charge in [-0.15, -0.1) is 0 Å². The standard InChI is InChI=1S/C23H28N6/c1-2-24-23(26-14-12-18-16-27-20-9-4-3-8-19(18)20)25-13-7-15-29-17-28-21-10-5-6-11-22(21)29/h3-6,8-11,16-17,27H,2,7,12-15H2,1H3,(H2,24,25,26). The van der Waals surface area contributed by atoms with Gasteiger partial charge in [-0.2, -0.15) is 0 Å². The molecule has 4 rings (SSSR count). The number of para-hydroxylation sites is 3. The molecule has 0 aliphatic heterocycles. The van der Waals surface area contributed by atoms with Crippen LogP contribution in [0.3, 0.4) is 0 Å². The number of H-pyrrole nitrogens is 1. The molecule has 0 unspecified atom stereocenters. The molecule has 0 saturated heterocycles. The number of aryl methyl sites for hydroxylation is 1. The SMILES string of the molecule is CCNC(=NCCCn1cnc2ccccc21)NCCc1c[nH]c2ccccc12. The second kappa shape index (κ2) is 9.28. The molecule has 0 fully saturated rings. The summed E-state index contributed by atoms with van der Waals surface area (Å²) in [5.41, 5.74) is 4.74. The van der Waals surface area contributed by atoms with Crippen molar-refractivity contribution >= 4 is 27.9 Å². The van der Waals surface area contributed by atoms with Crippen LogP contribution in [-0.4, -0.2) is 40.1 Å². The Kier molecular flexibility index (Phi) is 6.10. The lowest BCUT2D eigenvalue weighted by Gasteiger charge is -2.11. The maximum Gasteiger partial charge on any atom is 0.191 e. The minimum atomic E-state index is 0.773. The van der Waals surface area contributed by atoms with Crippen LogP contribution in [0, 0.1) is 0 Å². The Bertz CT molecular complexity index is 1090. The number of aromatic amines is 1. The average Bonchev–Trinajstić information content (AvgIpc) is 3.35. The van der Waals surface area contributed by atoms with E-state index >= 15 is 0 Å². The summed E-state index contributed by atoms with van der Waals surface area (Å²) in [6.07, 6.45) is 5.94. The second-order valence-electron chi connectivity index (χ2n) is 7.08. The largest absolute Gasteiger partial charge is 0.361 e. The van der Waals surface area contributed by atoms with Crippen molar-refractivity contribution in [2.45, 2.75) is 26.3 Å². The smallest absolute Gasteiger partial charge is 0.191 e. The van der Waals surface area contributed by atoms with Crippen molar-refractivity contribution in [3.05, 3.63) is 66.6 Å². The van der Waals surface area contributed by atoms with Crippen LogP contribution in [0.2, 0.25) is 0 Å². The summed E-state index contributed by atoms with van der Waals surface area (Å²) in [6, 6.07) is 16.7. The van der Waals surface area contributed by atoms with Crippen LogP contribution in [0.4, 0.5) is 0 Å². The summed E-state index contributed by atoms with van der Waals surface area (Å²) >= 11 is 0. The number of benzene rings is 2. The number of guanidine groups is 1. The molecule has 2 heterocycles. The van der Waals surface area contributed by atoms with Gasteiger partial charge in [0, 0.05) is 43.3 Å². The maximum atomic E-state index is 4.73. The first-order valence-corrected chi connectivity index (χ1v) is 10.3. The summed E-state index contributed by atoms with van der Waals surface area (Å²) in [5.74, 6) is 0.878. The molecule has 4 aromatic rings. The van der Waals surface area contributed by atoms with Crippen LogP contribution >= 0.6 is 0 Å². The minimum Gasteiger partial charge on any atom is -0.361 e. The van der Waals surface area contributed by atoms with Crippen molar-refractivity contribution in [2.24, 2.45) is 4.99 Å². The molecule has 0 aliphatic carbocycles. The lowest BCUT2D eigenvalue weighted by molar-refractivity contribution is 0.661. The van der Waals surface area contributed by atoms with E-state index in [0.29, 0.717) is 0 Å². The Balaban J connectivity index is 1.28. The summed E-state index contributed by atoms with van der Waals surface area (Å²) in [5, 5.41) is 8.08. The monoisotopic (exact) mass is 388 g/mol. The Hall–Kier alpha value is -3.28. The highest BCUT2D eigenvalue weighted by atomic mass is 15.2. The van der Waals surface area contributed by atoms with Gasteiger partial charge in [-0.1, -0.05) is 30.3 Å².